The predicted molar refractivity (Wildman–Crippen MR) is 116 cm³/mol. The molecule has 1 atom stereocenters. The molecule has 0 bridgehead atoms. The molecule has 8 nitrogen and oxygen atoms in total. The molecule has 0 unspecified atom stereocenters. The van der Waals surface area contributed by atoms with Gasteiger partial charge in [-0.05, 0) is 43.0 Å². The summed E-state index contributed by atoms with van der Waals surface area (Å²) in [7, 11) is 3.35. The summed E-state index contributed by atoms with van der Waals surface area (Å²) >= 11 is 0. The summed E-state index contributed by atoms with van der Waals surface area (Å²) in [5.74, 6) is -0.948. The summed E-state index contributed by atoms with van der Waals surface area (Å²) in [5.41, 5.74) is 0.297. The molecular formula is C23H26F2N6O2. The molecule has 4 heterocycles. The highest BCUT2D eigenvalue weighted by molar-refractivity contribution is 5.92. The number of anilines is 1. The average molecular weight is 456 g/mol. The second-order valence-electron chi connectivity index (χ2n) is 9.25. The van der Waals surface area contributed by atoms with Crippen molar-refractivity contribution in [3.63, 3.8) is 0 Å². The Balaban J connectivity index is 1.31. The van der Waals surface area contributed by atoms with Crippen LogP contribution in [-0.4, -0.2) is 77.0 Å². The van der Waals surface area contributed by atoms with Gasteiger partial charge in [0.15, 0.2) is 0 Å². The molecule has 3 saturated heterocycles. The molecule has 0 radical (unpaired) electrons. The minimum Gasteiger partial charge on any atom is -0.343 e. The first-order chi connectivity index (χ1) is 15.8. The zero-order valence-corrected chi connectivity index (χ0v) is 18.7. The fourth-order valence-corrected chi connectivity index (χ4v) is 5.21. The molecule has 1 aromatic heterocycles. The number of carbonyl (C=O) groups is 2. The lowest BCUT2D eigenvalue weighted by atomic mass is 9.78. The van der Waals surface area contributed by atoms with Gasteiger partial charge in [0.2, 0.25) is 11.9 Å². The Hall–Kier alpha value is -3.14. The maximum atomic E-state index is 13.8. The summed E-state index contributed by atoms with van der Waals surface area (Å²) in [6.07, 6.45) is 3.47. The van der Waals surface area contributed by atoms with Crippen molar-refractivity contribution < 1.29 is 18.4 Å². The van der Waals surface area contributed by atoms with Gasteiger partial charge in [0.25, 0.3) is 5.91 Å². The Bertz CT molecular complexity index is 1080. The summed E-state index contributed by atoms with van der Waals surface area (Å²) in [4.78, 5) is 38.0. The van der Waals surface area contributed by atoms with Crippen molar-refractivity contribution in [3.05, 3.63) is 53.4 Å². The molecule has 0 aliphatic carbocycles. The smallest absolute Gasteiger partial charge is 0.272 e. The Morgan fingerprint density at radius 2 is 1.82 bits per heavy atom. The van der Waals surface area contributed by atoms with Crippen molar-refractivity contribution in [3.8, 4) is 0 Å². The fourth-order valence-electron chi connectivity index (χ4n) is 5.21. The van der Waals surface area contributed by atoms with Gasteiger partial charge in [-0.15, -0.1) is 0 Å². The van der Waals surface area contributed by atoms with Gasteiger partial charge >= 0.3 is 0 Å². The van der Waals surface area contributed by atoms with Gasteiger partial charge in [-0.3, -0.25) is 14.6 Å². The van der Waals surface area contributed by atoms with Crippen molar-refractivity contribution >= 4 is 17.8 Å². The van der Waals surface area contributed by atoms with E-state index < -0.39 is 17.0 Å². The van der Waals surface area contributed by atoms with E-state index in [1.165, 1.54) is 17.0 Å². The van der Waals surface area contributed by atoms with Gasteiger partial charge in [-0.1, -0.05) is 0 Å². The SMILES string of the molecule is CN(C)C(=O)c1ccnc(N2CCC3(CC2)CN2CC[C@@H](c4cc(F)cc(F)c4)N2C3=O)n1. The predicted octanol–water partition coefficient (Wildman–Crippen LogP) is 2.25. The normalized spacial score (nSPS) is 22.2. The third-order valence-corrected chi connectivity index (χ3v) is 6.95. The zero-order chi connectivity index (χ0) is 23.3. The monoisotopic (exact) mass is 456 g/mol. The number of piperidine rings is 1. The van der Waals surface area contributed by atoms with Gasteiger partial charge in [0, 0.05) is 52.5 Å². The van der Waals surface area contributed by atoms with E-state index in [0.29, 0.717) is 62.6 Å². The van der Waals surface area contributed by atoms with Crippen LogP contribution in [0.2, 0.25) is 0 Å². The van der Waals surface area contributed by atoms with Crippen LogP contribution in [-0.2, 0) is 4.79 Å². The van der Waals surface area contributed by atoms with Crippen molar-refractivity contribution in [2.75, 3.05) is 45.2 Å². The Kier molecular flexibility index (Phi) is 5.27. The van der Waals surface area contributed by atoms with E-state index in [0.717, 1.165) is 6.07 Å². The number of hydrazine groups is 1. The molecule has 2 amide bonds. The fraction of sp³-hybridized carbons (Fsp3) is 0.478. The second-order valence-corrected chi connectivity index (χ2v) is 9.25. The summed E-state index contributed by atoms with van der Waals surface area (Å²) in [6, 6.07) is 4.73. The van der Waals surface area contributed by atoms with E-state index in [1.54, 1.807) is 31.4 Å². The van der Waals surface area contributed by atoms with Crippen LogP contribution in [0.15, 0.2) is 30.5 Å². The van der Waals surface area contributed by atoms with E-state index in [2.05, 4.69) is 9.97 Å². The Morgan fingerprint density at radius 3 is 2.48 bits per heavy atom. The van der Waals surface area contributed by atoms with Crippen molar-refractivity contribution in [1.82, 2.24) is 24.9 Å². The number of aromatic nitrogens is 2. The minimum atomic E-state index is -0.631. The minimum absolute atomic E-state index is 0.0202. The molecule has 10 heteroatoms. The van der Waals surface area contributed by atoms with Crippen LogP contribution in [0.4, 0.5) is 14.7 Å². The number of halogens is 2. The zero-order valence-electron chi connectivity index (χ0n) is 18.7. The van der Waals surface area contributed by atoms with Crippen LogP contribution in [0.25, 0.3) is 0 Å². The maximum Gasteiger partial charge on any atom is 0.272 e. The highest BCUT2D eigenvalue weighted by Gasteiger charge is 2.56. The van der Waals surface area contributed by atoms with Crippen LogP contribution in [0.1, 0.15) is 41.4 Å². The molecule has 3 aliphatic rings. The average Bonchev–Trinajstić information content (AvgIpc) is 3.31. The first-order valence-electron chi connectivity index (χ1n) is 11.1. The molecular weight excluding hydrogens is 430 g/mol. The van der Waals surface area contributed by atoms with E-state index in [1.807, 2.05) is 9.91 Å². The van der Waals surface area contributed by atoms with Crippen LogP contribution >= 0.6 is 0 Å². The number of benzene rings is 1. The number of hydrogen-bond donors (Lipinski definition) is 0. The lowest BCUT2D eigenvalue weighted by molar-refractivity contribution is -0.143. The van der Waals surface area contributed by atoms with Crippen molar-refractivity contribution in [2.45, 2.75) is 25.3 Å². The molecule has 3 fully saturated rings. The first-order valence-corrected chi connectivity index (χ1v) is 11.1. The van der Waals surface area contributed by atoms with Crippen LogP contribution in [0.5, 0.6) is 0 Å². The quantitative estimate of drug-likeness (QED) is 0.706. The number of rotatable bonds is 3. The topological polar surface area (TPSA) is 72.9 Å². The molecule has 5 rings (SSSR count). The molecule has 33 heavy (non-hydrogen) atoms. The van der Waals surface area contributed by atoms with Gasteiger partial charge in [0.05, 0.1) is 11.5 Å². The van der Waals surface area contributed by atoms with E-state index in [4.69, 9.17) is 0 Å². The van der Waals surface area contributed by atoms with E-state index >= 15 is 0 Å². The Morgan fingerprint density at radius 1 is 1.12 bits per heavy atom. The number of fused-ring (bicyclic) bond motifs is 1. The van der Waals surface area contributed by atoms with Crippen LogP contribution < -0.4 is 4.90 Å². The summed E-state index contributed by atoms with van der Waals surface area (Å²) in [5, 5.41) is 3.75. The van der Waals surface area contributed by atoms with Crippen molar-refractivity contribution in [2.24, 2.45) is 5.41 Å². The standard InChI is InChI=1S/C23H26F2N6O2/c1-28(2)20(32)18-3-7-26-22(27-18)29-9-5-23(6-10-29)14-30-8-4-19(31(30)21(23)33)15-11-16(24)13-17(25)12-15/h3,7,11-13,19H,4-6,8-10,14H2,1-2H3/t19-/m0/s1. The van der Waals surface area contributed by atoms with Gasteiger partial charge < -0.3 is 9.80 Å². The lowest BCUT2D eigenvalue weighted by Crippen LogP contribution is -2.46. The molecule has 174 valence electrons. The van der Waals surface area contributed by atoms with Gasteiger partial charge in [0.1, 0.15) is 17.3 Å². The lowest BCUT2D eigenvalue weighted by Gasteiger charge is -2.37. The number of carbonyl (C=O) groups excluding carboxylic acids is 2. The van der Waals surface area contributed by atoms with Gasteiger partial charge in [-0.25, -0.2) is 23.8 Å². The molecule has 0 N–H and O–H groups in total. The first kappa shape index (κ1) is 21.7. The highest BCUT2D eigenvalue weighted by Crippen LogP contribution is 2.47. The largest absolute Gasteiger partial charge is 0.343 e. The third kappa shape index (κ3) is 3.72. The molecule has 0 saturated carbocycles. The highest BCUT2D eigenvalue weighted by atomic mass is 19.1. The third-order valence-electron chi connectivity index (χ3n) is 6.95. The number of amides is 2. The van der Waals surface area contributed by atoms with Crippen molar-refractivity contribution in [1.29, 1.82) is 0 Å². The molecule has 1 spiro atoms. The van der Waals surface area contributed by atoms with Crippen LogP contribution in [0.3, 0.4) is 0 Å². The van der Waals surface area contributed by atoms with Gasteiger partial charge in [-0.2, -0.15) is 0 Å². The molecule has 1 aromatic carbocycles. The van der Waals surface area contributed by atoms with Crippen LogP contribution in [0, 0.1) is 17.0 Å². The molecule has 3 aliphatic heterocycles. The van der Waals surface area contributed by atoms with E-state index in [-0.39, 0.29) is 17.9 Å². The number of nitrogens with zero attached hydrogens (tertiary/aromatic N) is 6. The summed E-state index contributed by atoms with van der Waals surface area (Å²) < 4.78 is 27.6. The second kappa shape index (κ2) is 8.02. The van der Waals surface area contributed by atoms with E-state index in [9.17, 15) is 18.4 Å². The maximum absolute atomic E-state index is 13.8. The Labute approximate surface area is 190 Å². The number of hydrogen-bond acceptors (Lipinski definition) is 6. The molecule has 2 aromatic rings. The summed E-state index contributed by atoms with van der Waals surface area (Å²) in [6.45, 7) is 2.46.